The van der Waals surface area contributed by atoms with E-state index in [-0.39, 0.29) is 25.0 Å². The van der Waals surface area contributed by atoms with Crippen LogP contribution in [0.1, 0.15) is 58.3 Å². The van der Waals surface area contributed by atoms with Crippen molar-refractivity contribution in [3.63, 3.8) is 0 Å². The topological polar surface area (TPSA) is 31.5 Å². The van der Waals surface area contributed by atoms with Gasteiger partial charge in [-0.1, -0.05) is 65.2 Å². The molecule has 12 heavy (non-hydrogen) atoms. The van der Waals surface area contributed by atoms with E-state index in [1.165, 1.54) is 44.9 Å². The van der Waals surface area contributed by atoms with Gasteiger partial charge in [0.15, 0.2) is 0 Å². The van der Waals surface area contributed by atoms with Crippen LogP contribution in [-0.4, -0.2) is 5.48 Å². The summed E-state index contributed by atoms with van der Waals surface area (Å²) in [5, 5.41) is 0. The molecule has 0 aliphatic carbocycles. The van der Waals surface area contributed by atoms with Crippen molar-refractivity contribution >= 4 is 0 Å². The van der Waals surface area contributed by atoms with Gasteiger partial charge in [0, 0.05) is 19.5 Å². The SMILES string of the molecule is O.[CH2]CCCCCCCCC.[Zn]. The number of hydrogen-bond acceptors (Lipinski definition) is 0. The van der Waals surface area contributed by atoms with Crippen LogP contribution in [0.25, 0.3) is 0 Å². The van der Waals surface area contributed by atoms with Gasteiger partial charge in [-0.3, -0.25) is 0 Å². The fraction of sp³-hybridized carbons (Fsp3) is 0.900. The van der Waals surface area contributed by atoms with Gasteiger partial charge in [-0.2, -0.15) is 0 Å². The second-order valence-electron chi connectivity index (χ2n) is 2.97. The number of rotatable bonds is 7. The van der Waals surface area contributed by atoms with Gasteiger partial charge in [0.1, 0.15) is 0 Å². The summed E-state index contributed by atoms with van der Waals surface area (Å²) in [4.78, 5) is 0. The van der Waals surface area contributed by atoms with Gasteiger partial charge in [-0.15, -0.1) is 0 Å². The van der Waals surface area contributed by atoms with Crippen LogP contribution in [0, 0.1) is 6.92 Å². The van der Waals surface area contributed by atoms with E-state index < -0.39 is 0 Å². The van der Waals surface area contributed by atoms with E-state index >= 15 is 0 Å². The van der Waals surface area contributed by atoms with Gasteiger partial charge in [0.05, 0.1) is 0 Å². The second kappa shape index (κ2) is 17.6. The molecule has 0 aromatic rings. The van der Waals surface area contributed by atoms with Crippen LogP contribution in [0.2, 0.25) is 0 Å². The summed E-state index contributed by atoms with van der Waals surface area (Å²) in [6.07, 6.45) is 10.9. The van der Waals surface area contributed by atoms with Crippen molar-refractivity contribution < 1.29 is 25.0 Å². The molecule has 71 valence electrons. The molecule has 0 spiro atoms. The van der Waals surface area contributed by atoms with E-state index in [2.05, 4.69) is 13.8 Å². The Morgan fingerprint density at radius 1 is 0.833 bits per heavy atom. The molecule has 1 nitrogen and oxygen atoms in total. The summed E-state index contributed by atoms with van der Waals surface area (Å²) >= 11 is 0. The van der Waals surface area contributed by atoms with Crippen molar-refractivity contribution in [1.29, 1.82) is 0 Å². The molecular weight excluding hydrogens is 201 g/mol. The first-order valence-electron chi connectivity index (χ1n) is 4.71. The minimum atomic E-state index is 0. The van der Waals surface area contributed by atoms with Crippen molar-refractivity contribution in [3.05, 3.63) is 6.92 Å². The van der Waals surface area contributed by atoms with Crippen molar-refractivity contribution in [2.24, 2.45) is 0 Å². The Bertz CT molecular complexity index is 49.8. The second-order valence-corrected chi connectivity index (χ2v) is 2.97. The van der Waals surface area contributed by atoms with Crippen LogP contribution in [-0.2, 0) is 19.5 Å². The Morgan fingerprint density at radius 3 is 1.67 bits per heavy atom. The van der Waals surface area contributed by atoms with E-state index in [9.17, 15) is 0 Å². The van der Waals surface area contributed by atoms with E-state index in [0.717, 1.165) is 6.42 Å². The molecule has 0 aliphatic heterocycles. The average molecular weight is 225 g/mol. The largest absolute Gasteiger partial charge is 0.412 e. The zero-order valence-electron chi connectivity index (χ0n) is 8.57. The smallest absolute Gasteiger partial charge is 0 e. The summed E-state index contributed by atoms with van der Waals surface area (Å²) in [6, 6.07) is 0. The molecule has 0 bridgehead atoms. The molecule has 0 rings (SSSR count). The molecule has 0 aromatic carbocycles. The molecular formula is C10H23OZn. The monoisotopic (exact) mass is 223 g/mol. The Hall–Kier alpha value is 0.583. The fourth-order valence-electron chi connectivity index (χ4n) is 1.13. The summed E-state index contributed by atoms with van der Waals surface area (Å²) < 4.78 is 0. The van der Waals surface area contributed by atoms with E-state index in [4.69, 9.17) is 0 Å². The molecule has 0 aliphatic rings. The third-order valence-corrected chi connectivity index (χ3v) is 1.85. The first-order chi connectivity index (χ1) is 4.91. The van der Waals surface area contributed by atoms with Crippen molar-refractivity contribution in [2.45, 2.75) is 58.3 Å². The molecule has 0 unspecified atom stereocenters. The summed E-state index contributed by atoms with van der Waals surface area (Å²) in [7, 11) is 0. The van der Waals surface area contributed by atoms with Crippen LogP contribution in [0.5, 0.6) is 0 Å². The summed E-state index contributed by atoms with van der Waals surface area (Å²) in [6.45, 7) is 6.08. The Labute approximate surface area is 90.4 Å². The van der Waals surface area contributed by atoms with Gasteiger partial charge in [0.2, 0.25) is 0 Å². The van der Waals surface area contributed by atoms with Crippen molar-refractivity contribution in [3.8, 4) is 0 Å². The normalized spacial score (nSPS) is 8.50. The zero-order valence-corrected chi connectivity index (χ0v) is 11.5. The maximum atomic E-state index is 3.82. The standard InChI is InChI=1S/C10H21.H2O.Zn/c1-3-5-7-9-10-8-6-4-2;;/h1,3-10H2,2H3;1H2;. The van der Waals surface area contributed by atoms with Gasteiger partial charge >= 0.3 is 0 Å². The fourth-order valence-corrected chi connectivity index (χ4v) is 1.13. The van der Waals surface area contributed by atoms with Gasteiger partial charge < -0.3 is 5.48 Å². The van der Waals surface area contributed by atoms with Gasteiger partial charge in [-0.25, -0.2) is 0 Å². The van der Waals surface area contributed by atoms with Crippen LogP contribution < -0.4 is 0 Å². The molecule has 0 aromatic heterocycles. The van der Waals surface area contributed by atoms with E-state index in [1.54, 1.807) is 0 Å². The molecule has 0 atom stereocenters. The van der Waals surface area contributed by atoms with Crippen LogP contribution in [0.15, 0.2) is 0 Å². The minimum absolute atomic E-state index is 0. The third kappa shape index (κ3) is 16.9. The Morgan fingerprint density at radius 2 is 1.25 bits per heavy atom. The molecule has 0 saturated carbocycles. The van der Waals surface area contributed by atoms with Crippen molar-refractivity contribution in [2.75, 3.05) is 0 Å². The van der Waals surface area contributed by atoms with Crippen molar-refractivity contribution in [1.82, 2.24) is 0 Å². The molecule has 1 radical (unpaired) electrons. The molecule has 0 heterocycles. The molecule has 2 heteroatoms. The zero-order chi connectivity index (χ0) is 7.66. The molecule has 0 amide bonds. The van der Waals surface area contributed by atoms with Crippen LogP contribution in [0.3, 0.4) is 0 Å². The first kappa shape index (κ1) is 18.4. The molecule has 2 N–H and O–H groups in total. The third-order valence-electron chi connectivity index (χ3n) is 1.85. The van der Waals surface area contributed by atoms with E-state index in [1.807, 2.05) is 0 Å². The van der Waals surface area contributed by atoms with Gasteiger partial charge in [-0.05, 0) is 0 Å². The minimum Gasteiger partial charge on any atom is -0.412 e. The maximum absolute atomic E-state index is 3.82. The molecule has 0 fully saturated rings. The van der Waals surface area contributed by atoms with Crippen LogP contribution >= 0.6 is 0 Å². The predicted molar refractivity (Wildman–Crippen MR) is 51.6 cm³/mol. The number of hydrogen-bond donors (Lipinski definition) is 0. The van der Waals surface area contributed by atoms with Crippen LogP contribution in [0.4, 0.5) is 0 Å². The van der Waals surface area contributed by atoms with E-state index in [0.29, 0.717) is 0 Å². The Kier molecular flexibility index (Phi) is 27.0. The summed E-state index contributed by atoms with van der Waals surface area (Å²) in [5.41, 5.74) is 0. The summed E-state index contributed by atoms with van der Waals surface area (Å²) in [5.74, 6) is 0. The quantitative estimate of drug-likeness (QED) is 0.470. The molecule has 0 saturated heterocycles. The Balaban J connectivity index is -0.000000405. The average Bonchev–Trinajstić information content (AvgIpc) is 1.97. The number of unbranched alkanes of at least 4 members (excludes halogenated alkanes) is 7. The first-order valence-corrected chi connectivity index (χ1v) is 4.71. The van der Waals surface area contributed by atoms with Gasteiger partial charge in [0.25, 0.3) is 0 Å². The maximum Gasteiger partial charge on any atom is 0 e. The predicted octanol–water partition coefficient (Wildman–Crippen LogP) is 3.13.